The van der Waals surface area contributed by atoms with Crippen molar-refractivity contribution in [2.45, 2.75) is 32.7 Å². The molecule has 0 aromatic heterocycles. The largest absolute Gasteiger partial charge is 0.466 e. The Balaban J connectivity index is 3.76. The van der Waals surface area contributed by atoms with Crippen LogP contribution in [0.15, 0.2) is 12.2 Å². The topological polar surface area (TPSA) is 38.3 Å². The van der Waals surface area contributed by atoms with Crippen LogP contribution in [0, 0.1) is 0 Å². The van der Waals surface area contributed by atoms with Gasteiger partial charge in [0.05, 0.1) is 7.11 Å². The Labute approximate surface area is 80.2 Å². The number of nitrogens with one attached hydrogen (secondary N) is 1. The first-order valence-electron chi connectivity index (χ1n) is 4.64. The van der Waals surface area contributed by atoms with Crippen molar-refractivity contribution < 1.29 is 9.53 Å². The molecule has 1 atom stereocenters. The smallest absolute Gasteiger partial charge is 0.334 e. The minimum Gasteiger partial charge on any atom is -0.466 e. The van der Waals surface area contributed by atoms with Crippen LogP contribution in [0.3, 0.4) is 0 Å². The van der Waals surface area contributed by atoms with Crippen molar-refractivity contribution >= 4 is 5.97 Å². The molecule has 0 radical (unpaired) electrons. The van der Waals surface area contributed by atoms with Crippen molar-refractivity contribution in [2.24, 2.45) is 0 Å². The highest BCUT2D eigenvalue weighted by Gasteiger charge is 2.13. The van der Waals surface area contributed by atoms with Gasteiger partial charge in [0.1, 0.15) is 0 Å². The molecule has 0 bridgehead atoms. The standard InChI is InChI=1S/C10H19NO2/c1-5-6-7-11-9(3)8(2)10(12)13-4/h9,11H,2,5-7H2,1,3-4H3. The van der Waals surface area contributed by atoms with E-state index in [0.29, 0.717) is 5.57 Å². The lowest BCUT2D eigenvalue weighted by molar-refractivity contribution is -0.136. The van der Waals surface area contributed by atoms with Crippen LogP contribution in [0.5, 0.6) is 0 Å². The fraction of sp³-hybridized carbons (Fsp3) is 0.700. The molecule has 0 heterocycles. The van der Waals surface area contributed by atoms with Crippen molar-refractivity contribution in [3.05, 3.63) is 12.2 Å². The normalized spacial score (nSPS) is 12.2. The van der Waals surface area contributed by atoms with Crippen molar-refractivity contribution in [3.8, 4) is 0 Å². The zero-order chi connectivity index (χ0) is 10.3. The molecule has 0 spiro atoms. The molecule has 0 aliphatic carbocycles. The molecular formula is C10H19NO2. The third kappa shape index (κ3) is 4.68. The van der Waals surface area contributed by atoms with E-state index >= 15 is 0 Å². The first-order chi connectivity index (χ1) is 6.13. The van der Waals surface area contributed by atoms with Gasteiger partial charge in [-0.05, 0) is 19.9 Å². The fourth-order valence-electron chi connectivity index (χ4n) is 0.926. The number of rotatable bonds is 6. The molecule has 0 aliphatic heterocycles. The second-order valence-electron chi connectivity index (χ2n) is 3.05. The van der Waals surface area contributed by atoms with E-state index in [1.165, 1.54) is 7.11 Å². The van der Waals surface area contributed by atoms with Gasteiger partial charge in [-0.3, -0.25) is 0 Å². The highest BCUT2D eigenvalue weighted by Crippen LogP contribution is 2.01. The second kappa shape index (κ2) is 6.66. The molecule has 0 saturated heterocycles. The average molecular weight is 185 g/mol. The number of carbonyl (C=O) groups excluding carboxylic acids is 1. The van der Waals surface area contributed by atoms with Gasteiger partial charge in [-0.1, -0.05) is 19.9 Å². The number of hydrogen-bond donors (Lipinski definition) is 1. The predicted molar refractivity (Wildman–Crippen MR) is 53.5 cm³/mol. The Morgan fingerprint density at radius 2 is 2.23 bits per heavy atom. The van der Waals surface area contributed by atoms with Crippen LogP contribution in [0.4, 0.5) is 0 Å². The summed E-state index contributed by atoms with van der Waals surface area (Å²) in [6.45, 7) is 8.62. The van der Waals surface area contributed by atoms with E-state index in [-0.39, 0.29) is 12.0 Å². The maximum atomic E-state index is 11.0. The van der Waals surface area contributed by atoms with Gasteiger partial charge in [0.25, 0.3) is 0 Å². The molecule has 1 N–H and O–H groups in total. The Morgan fingerprint density at radius 3 is 2.69 bits per heavy atom. The zero-order valence-electron chi connectivity index (χ0n) is 8.72. The first-order valence-corrected chi connectivity index (χ1v) is 4.64. The van der Waals surface area contributed by atoms with E-state index in [1.807, 2.05) is 6.92 Å². The van der Waals surface area contributed by atoms with Crippen molar-refractivity contribution in [2.75, 3.05) is 13.7 Å². The monoisotopic (exact) mass is 185 g/mol. The Kier molecular flexibility index (Phi) is 6.24. The van der Waals surface area contributed by atoms with Gasteiger partial charge in [0.2, 0.25) is 0 Å². The van der Waals surface area contributed by atoms with Gasteiger partial charge in [0, 0.05) is 11.6 Å². The van der Waals surface area contributed by atoms with E-state index in [4.69, 9.17) is 0 Å². The van der Waals surface area contributed by atoms with Crippen LogP contribution in [-0.2, 0) is 9.53 Å². The molecule has 0 aromatic rings. The molecule has 0 aliphatic rings. The predicted octanol–water partition coefficient (Wildman–Crippen LogP) is 1.49. The van der Waals surface area contributed by atoms with Gasteiger partial charge < -0.3 is 10.1 Å². The maximum Gasteiger partial charge on any atom is 0.334 e. The lowest BCUT2D eigenvalue weighted by atomic mass is 10.1. The highest BCUT2D eigenvalue weighted by atomic mass is 16.5. The number of unbranched alkanes of at least 4 members (excludes halogenated alkanes) is 1. The number of methoxy groups -OCH3 is 1. The molecular weight excluding hydrogens is 166 g/mol. The molecule has 0 aromatic carbocycles. The van der Waals surface area contributed by atoms with Gasteiger partial charge >= 0.3 is 5.97 Å². The van der Waals surface area contributed by atoms with E-state index < -0.39 is 0 Å². The minimum absolute atomic E-state index is 0.000926. The molecule has 3 nitrogen and oxygen atoms in total. The summed E-state index contributed by atoms with van der Waals surface area (Å²) < 4.78 is 4.56. The third-order valence-electron chi connectivity index (χ3n) is 1.95. The molecule has 1 unspecified atom stereocenters. The summed E-state index contributed by atoms with van der Waals surface area (Å²) in [6, 6.07) is -0.000926. The molecule has 3 heteroatoms. The summed E-state index contributed by atoms with van der Waals surface area (Å²) in [4.78, 5) is 11.0. The average Bonchev–Trinajstić information content (AvgIpc) is 2.15. The van der Waals surface area contributed by atoms with E-state index in [0.717, 1.165) is 19.4 Å². The van der Waals surface area contributed by atoms with Crippen LogP contribution in [0.25, 0.3) is 0 Å². The fourth-order valence-corrected chi connectivity index (χ4v) is 0.926. The Hall–Kier alpha value is -0.830. The number of ether oxygens (including phenoxy) is 1. The van der Waals surface area contributed by atoms with Crippen LogP contribution >= 0.6 is 0 Å². The quantitative estimate of drug-likeness (QED) is 0.387. The summed E-state index contributed by atoms with van der Waals surface area (Å²) >= 11 is 0. The maximum absolute atomic E-state index is 11.0. The zero-order valence-corrected chi connectivity index (χ0v) is 8.72. The van der Waals surface area contributed by atoms with Crippen LogP contribution in [0.2, 0.25) is 0 Å². The summed E-state index contributed by atoms with van der Waals surface area (Å²) in [5.41, 5.74) is 0.485. The van der Waals surface area contributed by atoms with Gasteiger partial charge in [-0.2, -0.15) is 0 Å². The summed E-state index contributed by atoms with van der Waals surface area (Å²) in [5.74, 6) is -0.337. The summed E-state index contributed by atoms with van der Waals surface area (Å²) in [6.07, 6.45) is 2.25. The van der Waals surface area contributed by atoms with E-state index in [1.54, 1.807) is 0 Å². The van der Waals surface area contributed by atoms with Crippen LogP contribution in [0.1, 0.15) is 26.7 Å². The van der Waals surface area contributed by atoms with Gasteiger partial charge in [-0.25, -0.2) is 4.79 Å². The number of carbonyl (C=O) groups is 1. The lowest BCUT2D eigenvalue weighted by Crippen LogP contribution is -2.31. The molecule has 0 fully saturated rings. The van der Waals surface area contributed by atoms with Crippen molar-refractivity contribution in [1.29, 1.82) is 0 Å². The highest BCUT2D eigenvalue weighted by molar-refractivity contribution is 5.88. The van der Waals surface area contributed by atoms with E-state index in [2.05, 4.69) is 23.6 Å². The number of hydrogen-bond acceptors (Lipinski definition) is 3. The first kappa shape index (κ1) is 12.2. The third-order valence-corrected chi connectivity index (χ3v) is 1.95. The molecule has 0 saturated carbocycles. The molecule has 13 heavy (non-hydrogen) atoms. The molecule has 0 amide bonds. The summed E-state index contributed by atoms with van der Waals surface area (Å²) in [5, 5.41) is 3.20. The summed E-state index contributed by atoms with van der Waals surface area (Å²) in [7, 11) is 1.37. The Bertz CT molecular complexity index is 178. The SMILES string of the molecule is C=C(C(=O)OC)C(C)NCCCC. The Morgan fingerprint density at radius 1 is 1.62 bits per heavy atom. The van der Waals surface area contributed by atoms with Crippen LogP contribution in [-0.4, -0.2) is 25.7 Å². The van der Waals surface area contributed by atoms with Crippen molar-refractivity contribution in [3.63, 3.8) is 0 Å². The minimum atomic E-state index is -0.337. The van der Waals surface area contributed by atoms with Crippen LogP contribution < -0.4 is 5.32 Å². The van der Waals surface area contributed by atoms with E-state index in [9.17, 15) is 4.79 Å². The molecule has 0 rings (SSSR count). The second-order valence-corrected chi connectivity index (χ2v) is 3.05. The molecule has 76 valence electrons. The van der Waals surface area contributed by atoms with Crippen molar-refractivity contribution in [1.82, 2.24) is 5.32 Å². The lowest BCUT2D eigenvalue weighted by Gasteiger charge is -2.14. The van der Waals surface area contributed by atoms with Gasteiger partial charge in [-0.15, -0.1) is 0 Å². The van der Waals surface area contributed by atoms with Gasteiger partial charge in [0.15, 0.2) is 0 Å². The number of esters is 1.